The zero-order valence-corrected chi connectivity index (χ0v) is 12.0. The predicted octanol–water partition coefficient (Wildman–Crippen LogP) is 3.05. The van der Waals surface area contributed by atoms with E-state index in [0.29, 0.717) is 5.75 Å². The Morgan fingerprint density at radius 1 is 1.26 bits per heavy atom. The number of Topliss-reactive ketones (excluding diaryl/α,β-unsaturated/α-hetero) is 1. The third-order valence-corrected chi connectivity index (χ3v) is 3.75. The van der Waals surface area contributed by atoms with Gasteiger partial charge in [-0.3, -0.25) is 4.79 Å². The third-order valence-electron chi connectivity index (χ3n) is 3.75. The fraction of sp³-hybridized carbons (Fsp3) is 0.562. The van der Waals surface area contributed by atoms with Crippen LogP contribution in [0, 0.1) is 5.41 Å². The van der Waals surface area contributed by atoms with E-state index in [2.05, 4.69) is 12.2 Å². The number of nitrogens with one attached hydrogen (secondary N) is 1. The molecule has 19 heavy (non-hydrogen) atoms. The van der Waals surface area contributed by atoms with Crippen molar-refractivity contribution in [2.75, 3.05) is 13.1 Å². The molecule has 1 saturated heterocycles. The average Bonchev–Trinajstić information content (AvgIpc) is 2.39. The molecule has 1 fully saturated rings. The molecule has 1 aromatic carbocycles. The Balaban J connectivity index is 2.27. The van der Waals surface area contributed by atoms with Crippen LogP contribution in [0.2, 0.25) is 0 Å². The standard InChI is InChI=1S/C16H23NO2/c1-12(2)19-14-7-5-4-6-13(14)15(18)16(3)8-10-17-11-9-16/h4-7,12,17H,8-11H2,1-3H3. The minimum atomic E-state index is -0.262. The number of para-hydroxylation sites is 1. The van der Waals surface area contributed by atoms with Gasteiger partial charge in [-0.25, -0.2) is 0 Å². The Hall–Kier alpha value is -1.35. The monoisotopic (exact) mass is 261 g/mol. The molecule has 0 aliphatic carbocycles. The van der Waals surface area contributed by atoms with E-state index in [1.165, 1.54) is 0 Å². The Bertz CT molecular complexity index is 448. The first-order valence-corrected chi connectivity index (χ1v) is 7.04. The molecule has 1 aliphatic rings. The average molecular weight is 261 g/mol. The van der Waals surface area contributed by atoms with Crippen LogP contribution in [-0.2, 0) is 0 Å². The summed E-state index contributed by atoms with van der Waals surface area (Å²) in [5.74, 6) is 0.924. The van der Waals surface area contributed by atoms with Gasteiger partial charge in [0.15, 0.2) is 5.78 Å². The van der Waals surface area contributed by atoms with Crippen molar-refractivity contribution in [1.82, 2.24) is 5.32 Å². The van der Waals surface area contributed by atoms with Crippen LogP contribution in [0.15, 0.2) is 24.3 Å². The van der Waals surface area contributed by atoms with E-state index in [0.717, 1.165) is 31.5 Å². The molecule has 1 N–H and O–H groups in total. The molecule has 2 rings (SSSR count). The first-order valence-electron chi connectivity index (χ1n) is 7.04. The number of carbonyl (C=O) groups excluding carboxylic acids is 1. The number of rotatable bonds is 4. The van der Waals surface area contributed by atoms with Crippen LogP contribution in [0.3, 0.4) is 0 Å². The third kappa shape index (κ3) is 3.16. The molecule has 3 heteroatoms. The van der Waals surface area contributed by atoms with Crippen LogP contribution in [0.25, 0.3) is 0 Å². The highest BCUT2D eigenvalue weighted by Crippen LogP contribution is 2.35. The maximum absolute atomic E-state index is 12.8. The van der Waals surface area contributed by atoms with E-state index in [1.54, 1.807) is 0 Å². The molecule has 1 aromatic rings. The molecule has 0 bridgehead atoms. The molecule has 0 spiro atoms. The molecular formula is C16H23NO2. The summed E-state index contributed by atoms with van der Waals surface area (Å²) < 4.78 is 5.77. The summed E-state index contributed by atoms with van der Waals surface area (Å²) in [6, 6.07) is 7.59. The summed E-state index contributed by atoms with van der Waals surface area (Å²) >= 11 is 0. The number of hydrogen-bond donors (Lipinski definition) is 1. The lowest BCUT2D eigenvalue weighted by Crippen LogP contribution is -2.40. The summed E-state index contributed by atoms with van der Waals surface area (Å²) in [6.07, 6.45) is 1.86. The molecule has 0 atom stereocenters. The lowest BCUT2D eigenvalue weighted by molar-refractivity contribution is 0.0756. The van der Waals surface area contributed by atoms with Crippen LogP contribution in [0.5, 0.6) is 5.75 Å². The number of ketones is 1. The van der Waals surface area contributed by atoms with E-state index in [-0.39, 0.29) is 17.3 Å². The van der Waals surface area contributed by atoms with Crippen molar-refractivity contribution < 1.29 is 9.53 Å². The molecule has 0 aromatic heterocycles. The van der Waals surface area contributed by atoms with Crippen LogP contribution in [0.1, 0.15) is 44.0 Å². The molecule has 0 radical (unpaired) electrons. The van der Waals surface area contributed by atoms with E-state index in [9.17, 15) is 4.79 Å². The topological polar surface area (TPSA) is 38.3 Å². The van der Waals surface area contributed by atoms with Crippen molar-refractivity contribution in [3.05, 3.63) is 29.8 Å². The molecule has 104 valence electrons. The van der Waals surface area contributed by atoms with Crippen molar-refractivity contribution in [2.45, 2.75) is 39.7 Å². The lowest BCUT2D eigenvalue weighted by Gasteiger charge is -2.33. The Morgan fingerprint density at radius 2 is 1.89 bits per heavy atom. The van der Waals surface area contributed by atoms with E-state index < -0.39 is 0 Å². The van der Waals surface area contributed by atoms with Crippen LogP contribution in [-0.4, -0.2) is 25.0 Å². The largest absolute Gasteiger partial charge is 0.490 e. The van der Waals surface area contributed by atoms with E-state index in [4.69, 9.17) is 4.74 Å². The van der Waals surface area contributed by atoms with Gasteiger partial charge in [-0.2, -0.15) is 0 Å². The van der Waals surface area contributed by atoms with Crippen molar-refractivity contribution in [3.63, 3.8) is 0 Å². The first-order chi connectivity index (χ1) is 9.03. The van der Waals surface area contributed by atoms with Gasteiger partial charge in [-0.15, -0.1) is 0 Å². The maximum atomic E-state index is 12.8. The Kier molecular flexibility index (Phi) is 4.25. The van der Waals surface area contributed by atoms with Crippen LogP contribution >= 0.6 is 0 Å². The number of piperidine rings is 1. The molecule has 0 unspecified atom stereocenters. The molecule has 1 aliphatic heterocycles. The number of benzene rings is 1. The predicted molar refractivity (Wildman–Crippen MR) is 76.7 cm³/mol. The van der Waals surface area contributed by atoms with Gasteiger partial charge in [0, 0.05) is 5.41 Å². The summed E-state index contributed by atoms with van der Waals surface area (Å²) in [7, 11) is 0. The number of ether oxygens (including phenoxy) is 1. The minimum absolute atomic E-state index is 0.0785. The SMILES string of the molecule is CC(C)Oc1ccccc1C(=O)C1(C)CCNCC1. The van der Waals surface area contributed by atoms with Crippen molar-refractivity contribution in [2.24, 2.45) is 5.41 Å². The molecular weight excluding hydrogens is 238 g/mol. The highest BCUT2D eigenvalue weighted by molar-refractivity contribution is 6.02. The second-order valence-corrected chi connectivity index (χ2v) is 5.80. The summed E-state index contributed by atoms with van der Waals surface area (Å²) in [6.45, 7) is 7.86. The minimum Gasteiger partial charge on any atom is -0.490 e. The smallest absolute Gasteiger partial charge is 0.172 e. The summed E-state index contributed by atoms with van der Waals surface area (Å²) in [5.41, 5.74) is 0.461. The van der Waals surface area contributed by atoms with E-state index >= 15 is 0 Å². The number of hydrogen-bond acceptors (Lipinski definition) is 3. The lowest BCUT2D eigenvalue weighted by atomic mass is 9.75. The highest BCUT2D eigenvalue weighted by atomic mass is 16.5. The summed E-state index contributed by atoms with van der Waals surface area (Å²) in [4.78, 5) is 12.8. The van der Waals surface area contributed by atoms with Gasteiger partial charge in [0.2, 0.25) is 0 Å². The van der Waals surface area contributed by atoms with Gasteiger partial charge in [0.25, 0.3) is 0 Å². The molecule has 0 amide bonds. The van der Waals surface area contributed by atoms with Crippen molar-refractivity contribution in [3.8, 4) is 5.75 Å². The van der Waals surface area contributed by atoms with Gasteiger partial charge in [-0.1, -0.05) is 19.1 Å². The van der Waals surface area contributed by atoms with Crippen LogP contribution < -0.4 is 10.1 Å². The van der Waals surface area contributed by atoms with Gasteiger partial charge in [-0.05, 0) is 51.9 Å². The zero-order chi connectivity index (χ0) is 13.9. The van der Waals surface area contributed by atoms with Gasteiger partial charge >= 0.3 is 0 Å². The van der Waals surface area contributed by atoms with Crippen molar-refractivity contribution in [1.29, 1.82) is 0 Å². The fourth-order valence-corrected chi connectivity index (χ4v) is 2.54. The Morgan fingerprint density at radius 3 is 2.53 bits per heavy atom. The van der Waals surface area contributed by atoms with Crippen molar-refractivity contribution >= 4 is 5.78 Å². The molecule has 3 nitrogen and oxygen atoms in total. The second kappa shape index (κ2) is 5.74. The van der Waals surface area contributed by atoms with Gasteiger partial charge in [0.05, 0.1) is 11.7 Å². The fourth-order valence-electron chi connectivity index (χ4n) is 2.54. The maximum Gasteiger partial charge on any atom is 0.172 e. The Labute approximate surface area is 115 Å². The molecule has 0 saturated carbocycles. The van der Waals surface area contributed by atoms with E-state index in [1.807, 2.05) is 38.1 Å². The summed E-state index contributed by atoms with van der Waals surface area (Å²) in [5, 5.41) is 3.31. The first kappa shape index (κ1) is 14.1. The number of carbonyl (C=O) groups is 1. The van der Waals surface area contributed by atoms with Gasteiger partial charge in [0.1, 0.15) is 5.75 Å². The quantitative estimate of drug-likeness (QED) is 0.847. The van der Waals surface area contributed by atoms with Gasteiger partial charge < -0.3 is 10.1 Å². The normalized spacial score (nSPS) is 18.3. The molecule has 1 heterocycles. The van der Waals surface area contributed by atoms with Crippen LogP contribution in [0.4, 0.5) is 0 Å². The highest BCUT2D eigenvalue weighted by Gasteiger charge is 2.36. The zero-order valence-electron chi connectivity index (χ0n) is 12.0. The second-order valence-electron chi connectivity index (χ2n) is 5.80.